The van der Waals surface area contributed by atoms with Gasteiger partial charge >= 0.3 is 0 Å². The zero-order chi connectivity index (χ0) is 20.8. The van der Waals surface area contributed by atoms with E-state index in [9.17, 15) is 9.59 Å². The summed E-state index contributed by atoms with van der Waals surface area (Å²) >= 11 is 5.71. The summed E-state index contributed by atoms with van der Waals surface area (Å²) in [5.41, 5.74) is 2.28. The van der Waals surface area contributed by atoms with Crippen LogP contribution < -0.4 is 9.96 Å². The number of imide groups is 1. The number of para-hydroxylation sites is 1. The van der Waals surface area contributed by atoms with Gasteiger partial charge in [-0.25, -0.2) is 9.96 Å². The summed E-state index contributed by atoms with van der Waals surface area (Å²) in [6.07, 6.45) is -0.860. The first kappa shape index (κ1) is 19.7. The molecule has 2 aliphatic rings. The molecule has 0 spiro atoms. The second-order valence-electron chi connectivity index (χ2n) is 7.20. The molecular weight excluding hydrogens is 559 g/mol. The molecule has 0 aliphatic carbocycles. The molecule has 2 aliphatic heterocycles. The van der Waals surface area contributed by atoms with Crippen LogP contribution in [-0.4, -0.2) is 17.9 Å². The van der Waals surface area contributed by atoms with Crippen molar-refractivity contribution in [3.05, 3.63) is 92.5 Å². The van der Waals surface area contributed by atoms with E-state index >= 15 is 0 Å². The van der Waals surface area contributed by atoms with Crippen LogP contribution in [0.15, 0.2) is 83.3 Å². The molecule has 0 radical (unpaired) electrons. The average molecular weight is 575 g/mol. The van der Waals surface area contributed by atoms with Gasteiger partial charge in [0.1, 0.15) is 5.92 Å². The Kier molecular flexibility index (Phi) is 5.12. The summed E-state index contributed by atoms with van der Waals surface area (Å²) in [4.78, 5) is 34.2. The predicted octanol–water partition coefficient (Wildman–Crippen LogP) is 5.10. The molecule has 2 amide bonds. The molecule has 0 unspecified atom stereocenters. The van der Waals surface area contributed by atoms with Crippen molar-refractivity contribution in [1.82, 2.24) is 0 Å². The lowest BCUT2D eigenvalue weighted by Gasteiger charge is -2.28. The van der Waals surface area contributed by atoms with Crippen LogP contribution in [0.5, 0.6) is 0 Å². The van der Waals surface area contributed by atoms with E-state index in [1.54, 1.807) is 17.2 Å². The molecule has 5 rings (SSSR count). The molecule has 0 aromatic heterocycles. The minimum absolute atomic E-state index is 0.241. The Morgan fingerprint density at radius 2 is 1.57 bits per heavy atom. The number of rotatable bonds is 3. The molecule has 7 heteroatoms. The molecule has 3 aromatic rings. The van der Waals surface area contributed by atoms with Crippen molar-refractivity contribution in [1.29, 1.82) is 0 Å². The van der Waals surface area contributed by atoms with Crippen molar-refractivity contribution in [3.8, 4) is 0 Å². The topological polar surface area (TPSA) is 49.9 Å². The third-order valence-electron chi connectivity index (χ3n) is 5.40. The fourth-order valence-corrected chi connectivity index (χ4v) is 4.86. The molecule has 2 fully saturated rings. The minimum atomic E-state index is -0.860. The number of halogens is 2. The highest BCUT2D eigenvalue weighted by molar-refractivity contribution is 14.1. The second-order valence-corrected chi connectivity index (χ2v) is 9.36. The molecule has 150 valence electrons. The molecule has 0 N–H and O–H groups in total. The van der Waals surface area contributed by atoms with Gasteiger partial charge in [-0.15, -0.1) is 0 Å². The Morgan fingerprint density at radius 3 is 2.27 bits per heavy atom. The van der Waals surface area contributed by atoms with Crippen LogP contribution >= 0.6 is 38.5 Å². The van der Waals surface area contributed by atoms with Gasteiger partial charge in [0, 0.05) is 8.04 Å². The van der Waals surface area contributed by atoms with Crippen LogP contribution in [0.3, 0.4) is 0 Å². The fourth-order valence-electron chi connectivity index (χ4n) is 4.09. The van der Waals surface area contributed by atoms with E-state index in [1.165, 1.54) is 4.90 Å². The first-order valence-electron chi connectivity index (χ1n) is 9.44. The van der Waals surface area contributed by atoms with Crippen LogP contribution in [-0.2, 0) is 14.4 Å². The van der Waals surface area contributed by atoms with E-state index in [2.05, 4.69) is 38.5 Å². The maximum absolute atomic E-state index is 13.5. The monoisotopic (exact) mass is 574 g/mol. The molecule has 5 nitrogen and oxygen atoms in total. The highest BCUT2D eigenvalue weighted by atomic mass is 127. The van der Waals surface area contributed by atoms with Crippen molar-refractivity contribution in [3.63, 3.8) is 0 Å². The number of fused-ring (bicyclic) bond motifs is 1. The van der Waals surface area contributed by atoms with Gasteiger partial charge in [-0.3, -0.25) is 14.4 Å². The highest BCUT2D eigenvalue weighted by Gasteiger charge is 2.60. The van der Waals surface area contributed by atoms with Gasteiger partial charge in [-0.1, -0.05) is 46.3 Å². The quantitative estimate of drug-likeness (QED) is 0.322. The van der Waals surface area contributed by atoms with E-state index in [-0.39, 0.29) is 11.8 Å². The first-order chi connectivity index (χ1) is 14.5. The molecule has 0 saturated carbocycles. The van der Waals surface area contributed by atoms with Gasteiger partial charge in [-0.05, 0) is 76.7 Å². The zero-order valence-electron chi connectivity index (χ0n) is 15.6. The summed E-state index contributed by atoms with van der Waals surface area (Å²) in [5.74, 6) is -1.20. The summed E-state index contributed by atoms with van der Waals surface area (Å²) < 4.78 is 1.94. The summed E-state index contributed by atoms with van der Waals surface area (Å²) in [6, 6.07) is 24.3. The normalized spacial score (nSPS) is 23.2. The van der Waals surface area contributed by atoms with E-state index in [0.29, 0.717) is 5.69 Å². The lowest BCUT2D eigenvalue weighted by Crippen LogP contribution is -2.37. The number of anilines is 2. The Labute approximate surface area is 195 Å². The summed E-state index contributed by atoms with van der Waals surface area (Å²) in [7, 11) is 0. The van der Waals surface area contributed by atoms with Crippen LogP contribution in [0.4, 0.5) is 11.4 Å². The largest absolute Gasteiger partial charge is 0.273 e. The lowest BCUT2D eigenvalue weighted by atomic mass is 9.90. The van der Waals surface area contributed by atoms with Gasteiger partial charge in [0.2, 0.25) is 5.91 Å². The summed E-state index contributed by atoms with van der Waals surface area (Å²) in [6.45, 7) is 0. The standard InChI is InChI=1S/C23H16BrIN2O3/c24-15-6-4-5-14(13-15)20-19-21(30-27(20)18-7-2-1-3-8-18)23(29)26(22(19)28)17-11-9-16(25)10-12-17/h1-13,19-21H/t19-,20-,21-/m1/s1. The van der Waals surface area contributed by atoms with Gasteiger partial charge in [0.15, 0.2) is 6.10 Å². The Morgan fingerprint density at radius 1 is 0.833 bits per heavy atom. The summed E-state index contributed by atoms with van der Waals surface area (Å²) in [5, 5.41) is 1.71. The van der Waals surface area contributed by atoms with Crippen LogP contribution in [0, 0.1) is 9.49 Å². The van der Waals surface area contributed by atoms with Crippen LogP contribution in [0.25, 0.3) is 0 Å². The SMILES string of the molecule is O=C1[C@@H]2[C@@H](c3cccc(Br)c3)N(c3ccccc3)O[C@H]2C(=O)N1c1ccc(I)cc1. The molecule has 3 atom stereocenters. The Bertz CT molecular complexity index is 1120. The van der Waals surface area contributed by atoms with E-state index < -0.39 is 18.1 Å². The van der Waals surface area contributed by atoms with Gasteiger partial charge in [0.05, 0.1) is 17.4 Å². The molecule has 0 bridgehead atoms. The van der Waals surface area contributed by atoms with Gasteiger partial charge in [0.25, 0.3) is 5.91 Å². The number of hydrogen-bond donors (Lipinski definition) is 0. The van der Waals surface area contributed by atoms with Gasteiger partial charge < -0.3 is 0 Å². The average Bonchev–Trinajstić information content (AvgIpc) is 3.26. The van der Waals surface area contributed by atoms with Crippen LogP contribution in [0.2, 0.25) is 0 Å². The molecule has 2 heterocycles. The van der Waals surface area contributed by atoms with E-state index in [4.69, 9.17) is 4.84 Å². The lowest BCUT2D eigenvalue weighted by molar-refractivity contribution is -0.126. The van der Waals surface area contributed by atoms with Gasteiger partial charge in [-0.2, -0.15) is 0 Å². The third-order valence-corrected chi connectivity index (χ3v) is 6.61. The number of benzene rings is 3. The van der Waals surface area contributed by atoms with Crippen molar-refractivity contribution in [2.75, 3.05) is 9.96 Å². The predicted molar refractivity (Wildman–Crippen MR) is 126 cm³/mol. The van der Waals surface area contributed by atoms with Crippen molar-refractivity contribution in [2.45, 2.75) is 12.1 Å². The minimum Gasteiger partial charge on any atom is -0.273 e. The maximum Gasteiger partial charge on any atom is 0.266 e. The van der Waals surface area contributed by atoms with Crippen molar-refractivity contribution >= 4 is 61.7 Å². The number of hydroxylamine groups is 1. The molecule has 3 aromatic carbocycles. The Hall–Kier alpha value is -2.23. The zero-order valence-corrected chi connectivity index (χ0v) is 19.4. The fraction of sp³-hybridized carbons (Fsp3) is 0.130. The van der Waals surface area contributed by atoms with Crippen LogP contribution in [0.1, 0.15) is 11.6 Å². The Balaban J connectivity index is 1.59. The maximum atomic E-state index is 13.5. The van der Waals surface area contributed by atoms with E-state index in [1.807, 2.05) is 66.7 Å². The van der Waals surface area contributed by atoms with Crippen molar-refractivity contribution < 1.29 is 14.4 Å². The number of amides is 2. The number of hydrogen-bond acceptors (Lipinski definition) is 4. The highest BCUT2D eigenvalue weighted by Crippen LogP contribution is 2.47. The number of nitrogens with zero attached hydrogens (tertiary/aromatic N) is 2. The molecule has 2 saturated heterocycles. The first-order valence-corrected chi connectivity index (χ1v) is 11.3. The smallest absolute Gasteiger partial charge is 0.266 e. The van der Waals surface area contributed by atoms with Crippen molar-refractivity contribution in [2.24, 2.45) is 5.92 Å². The third kappa shape index (κ3) is 3.25. The molecule has 30 heavy (non-hydrogen) atoms. The second kappa shape index (κ2) is 7.79. The van der Waals surface area contributed by atoms with E-state index in [0.717, 1.165) is 19.3 Å². The number of carbonyl (C=O) groups excluding carboxylic acids is 2. The number of carbonyl (C=O) groups is 2. The molecular formula is C23H16BrIN2O3.